The summed E-state index contributed by atoms with van der Waals surface area (Å²) in [5.41, 5.74) is 8.04. The van der Waals surface area contributed by atoms with Crippen LogP contribution in [0.5, 0.6) is 0 Å². The van der Waals surface area contributed by atoms with Crippen molar-refractivity contribution in [3.05, 3.63) is 42.1 Å². The van der Waals surface area contributed by atoms with Crippen molar-refractivity contribution in [2.75, 3.05) is 6.54 Å². The summed E-state index contributed by atoms with van der Waals surface area (Å²) in [6.45, 7) is 0.836. The molecule has 0 radical (unpaired) electrons. The number of fused-ring (bicyclic) bond motifs is 1. The number of benzene rings is 1. The normalized spacial score (nSPS) is 11.0. The van der Waals surface area contributed by atoms with Crippen LogP contribution in [0.2, 0.25) is 0 Å². The molecule has 1 aromatic heterocycles. The highest BCUT2D eigenvalue weighted by Gasteiger charge is 2.00. The highest BCUT2D eigenvalue weighted by atomic mass is 14.6. The molecule has 0 bridgehead atoms. The number of aryl methyl sites for hydroxylation is 1. The molecule has 1 aromatic carbocycles. The van der Waals surface area contributed by atoms with Crippen LogP contribution >= 0.6 is 0 Å². The number of hydrogen-bond acceptors (Lipinski definition) is 2. The van der Waals surface area contributed by atoms with E-state index >= 15 is 0 Å². The van der Waals surface area contributed by atoms with E-state index in [0.29, 0.717) is 0 Å². The molecule has 0 unspecified atom stereocenters. The predicted molar refractivity (Wildman–Crippen MR) is 82.2 cm³/mol. The lowest BCUT2D eigenvalue weighted by molar-refractivity contribution is 0.598. The van der Waals surface area contributed by atoms with Gasteiger partial charge in [0.15, 0.2) is 0 Å². The van der Waals surface area contributed by atoms with Crippen LogP contribution in [0.1, 0.15) is 44.1 Å². The molecule has 2 rings (SSSR count). The van der Waals surface area contributed by atoms with E-state index in [0.717, 1.165) is 12.1 Å². The van der Waals surface area contributed by atoms with Crippen LogP contribution in [0.3, 0.4) is 0 Å². The van der Waals surface area contributed by atoms with Crippen molar-refractivity contribution < 1.29 is 0 Å². The maximum absolute atomic E-state index is 5.49. The molecule has 102 valence electrons. The lowest BCUT2D eigenvalue weighted by atomic mass is 10.0. The number of aromatic nitrogens is 1. The second-order valence-electron chi connectivity index (χ2n) is 5.15. The molecule has 2 heteroatoms. The molecule has 2 N–H and O–H groups in total. The minimum Gasteiger partial charge on any atom is -0.330 e. The third kappa shape index (κ3) is 4.32. The van der Waals surface area contributed by atoms with Gasteiger partial charge in [0.2, 0.25) is 0 Å². The standard InChI is InChI=1S/C17H24N2/c18-13-8-4-2-1-3-5-9-15-12-14-19-17-11-7-6-10-16(15)17/h6-7,10-12,14H,1-5,8-9,13,18H2. The van der Waals surface area contributed by atoms with E-state index in [-0.39, 0.29) is 0 Å². The van der Waals surface area contributed by atoms with Gasteiger partial charge in [-0.15, -0.1) is 0 Å². The topological polar surface area (TPSA) is 38.9 Å². The molecular weight excluding hydrogens is 232 g/mol. The third-order valence-corrected chi connectivity index (χ3v) is 3.64. The molecule has 0 saturated carbocycles. The van der Waals surface area contributed by atoms with Crippen molar-refractivity contribution in [3.63, 3.8) is 0 Å². The summed E-state index contributed by atoms with van der Waals surface area (Å²) in [7, 11) is 0. The Morgan fingerprint density at radius 2 is 1.58 bits per heavy atom. The van der Waals surface area contributed by atoms with Gasteiger partial charge in [0.05, 0.1) is 5.52 Å². The van der Waals surface area contributed by atoms with Crippen LogP contribution in [0.25, 0.3) is 10.9 Å². The van der Waals surface area contributed by atoms with E-state index in [2.05, 4.69) is 35.3 Å². The number of hydrogen-bond donors (Lipinski definition) is 1. The average molecular weight is 256 g/mol. The van der Waals surface area contributed by atoms with Crippen LogP contribution in [0.15, 0.2) is 36.5 Å². The molecule has 19 heavy (non-hydrogen) atoms. The van der Waals surface area contributed by atoms with E-state index < -0.39 is 0 Å². The molecule has 2 nitrogen and oxygen atoms in total. The number of rotatable bonds is 8. The van der Waals surface area contributed by atoms with Crippen molar-refractivity contribution in [1.29, 1.82) is 0 Å². The smallest absolute Gasteiger partial charge is 0.0704 e. The first kappa shape index (κ1) is 14.0. The Balaban J connectivity index is 1.78. The Morgan fingerprint density at radius 1 is 0.842 bits per heavy atom. The quantitative estimate of drug-likeness (QED) is 0.723. The molecule has 0 aliphatic carbocycles. The summed E-state index contributed by atoms with van der Waals surface area (Å²) in [4.78, 5) is 4.41. The summed E-state index contributed by atoms with van der Waals surface area (Å²) in [6, 6.07) is 10.6. The highest BCUT2D eigenvalue weighted by Crippen LogP contribution is 2.18. The molecule has 1 heterocycles. The number of nitrogens with zero attached hydrogens (tertiary/aromatic N) is 1. The van der Waals surface area contributed by atoms with Gasteiger partial charge in [-0.3, -0.25) is 4.98 Å². The van der Waals surface area contributed by atoms with E-state index in [4.69, 9.17) is 5.73 Å². The fraction of sp³-hybridized carbons (Fsp3) is 0.471. The van der Waals surface area contributed by atoms with Gasteiger partial charge < -0.3 is 5.73 Å². The number of nitrogens with two attached hydrogens (primary N) is 1. The van der Waals surface area contributed by atoms with Gasteiger partial charge in [-0.2, -0.15) is 0 Å². The van der Waals surface area contributed by atoms with Gasteiger partial charge in [-0.25, -0.2) is 0 Å². The lowest BCUT2D eigenvalue weighted by Gasteiger charge is -2.06. The van der Waals surface area contributed by atoms with Gasteiger partial charge in [0.25, 0.3) is 0 Å². The summed E-state index contributed by atoms with van der Waals surface area (Å²) >= 11 is 0. The molecule has 0 atom stereocenters. The number of pyridine rings is 1. The maximum Gasteiger partial charge on any atom is 0.0704 e. The zero-order valence-corrected chi connectivity index (χ0v) is 11.6. The minimum absolute atomic E-state index is 0.836. The molecule has 0 amide bonds. The lowest BCUT2D eigenvalue weighted by Crippen LogP contribution is -1.97. The molecule has 0 aliphatic heterocycles. The minimum atomic E-state index is 0.836. The van der Waals surface area contributed by atoms with Crippen molar-refractivity contribution in [2.24, 2.45) is 5.73 Å². The van der Waals surface area contributed by atoms with Crippen LogP contribution in [-0.4, -0.2) is 11.5 Å². The van der Waals surface area contributed by atoms with Gasteiger partial charge in [0, 0.05) is 11.6 Å². The van der Waals surface area contributed by atoms with E-state index in [1.807, 2.05) is 6.20 Å². The monoisotopic (exact) mass is 256 g/mol. The van der Waals surface area contributed by atoms with Gasteiger partial charge >= 0.3 is 0 Å². The zero-order chi connectivity index (χ0) is 13.3. The van der Waals surface area contributed by atoms with E-state index in [1.54, 1.807) is 0 Å². The Labute approximate surface area is 116 Å². The SMILES string of the molecule is NCCCCCCCCc1ccnc2ccccc12. The van der Waals surface area contributed by atoms with Gasteiger partial charge in [0.1, 0.15) is 0 Å². The first-order valence-corrected chi connectivity index (χ1v) is 7.44. The van der Waals surface area contributed by atoms with Crippen molar-refractivity contribution >= 4 is 10.9 Å². The summed E-state index contributed by atoms with van der Waals surface area (Å²) < 4.78 is 0. The van der Waals surface area contributed by atoms with E-state index in [1.165, 1.54) is 55.9 Å². The molecule has 0 saturated heterocycles. The van der Waals surface area contributed by atoms with Crippen molar-refractivity contribution in [1.82, 2.24) is 4.98 Å². The van der Waals surface area contributed by atoms with Crippen LogP contribution < -0.4 is 5.73 Å². The Hall–Kier alpha value is -1.41. The second kappa shape index (κ2) is 7.90. The Bertz CT molecular complexity index is 488. The maximum atomic E-state index is 5.49. The van der Waals surface area contributed by atoms with Crippen LogP contribution in [0, 0.1) is 0 Å². The first-order chi connectivity index (χ1) is 9.42. The third-order valence-electron chi connectivity index (χ3n) is 3.64. The Morgan fingerprint density at radius 3 is 2.42 bits per heavy atom. The molecule has 0 fully saturated rings. The van der Waals surface area contributed by atoms with Crippen molar-refractivity contribution in [2.45, 2.75) is 44.9 Å². The van der Waals surface area contributed by atoms with Gasteiger partial charge in [-0.05, 0) is 43.5 Å². The predicted octanol–water partition coefficient (Wildman–Crippen LogP) is 4.08. The fourth-order valence-electron chi connectivity index (χ4n) is 2.54. The summed E-state index contributed by atoms with van der Waals surface area (Å²) in [6.07, 6.45) is 10.8. The van der Waals surface area contributed by atoms with Crippen molar-refractivity contribution in [3.8, 4) is 0 Å². The van der Waals surface area contributed by atoms with Gasteiger partial charge in [-0.1, -0.05) is 43.9 Å². The molecule has 0 aliphatic rings. The Kier molecular flexibility index (Phi) is 5.83. The molecule has 0 spiro atoms. The van der Waals surface area contributed by atoms with Crippen LogP contribution in [0.4, 0.5) is 0 Å². The zero-order valence-electron chi connectivity index (χ0n) is 11.6. The van der Waals surface area contributed by atoms with E-state index in [9.17, 15) is 0 Å². The molecular formula is C17H24N2. The molecule has 2 aromatic rings. The first-order valence-electron chi connectivity index (χ1n) is 7.44. The fourth-order valence-corrected chi connectivity index (χ4v) is 2.54. The largest absolute Gasteiger partial charge is 0.330 e. The summed E-state index contributed by atoms with van der Waals surface area (Å²) in [5.74, 6) is 0. The number of para-hydroxylation sites is 1. The summed E-state index contributed by atoms with van der Waals surface area (Å²) in [5, 5.41) is 1.31. The highest BCUT2D eigenvalue weighted by molar-refractivity contribution is 5.81. The average Bonchev–Trinajstić information content (AvgIpc) is 2.46. The van der Waals surface area contributed by atoms with Crippen LogP contribution in [-0.2, 0) is 6.42 Å². The second-order valence-corrected chi connectivity index (χ2v) is 5.15. The number of unbranched alkanes of at least 4 members (excludes halogenated alkanes) is 5.